The number of aliphatic imine (C=N–C) groups is 1. The molecule has 0 aromatic heterocycles. The van der Waals surface area contributed by atoms with Gasteiger partial charge in [0.2, 0.25) is 5.91 Å². The third kappa shape index (κ3) is 7.00. The third-order valence-electron chi connectivity index (χ3n) is 13.3. The van der Waals surface area contributed by atoms with Crippen molar-refractivity contribution in [2.75, 3.05) is 0 Å². The molecule has 0 saturated heterocycles. The van der Waals surface area contributed by atoms with Crippen LogP contribution in [0, 0.1) is 17.8 Å². The normalized spacial score (nSPS) is 26.0. The van der Waals surface area contributed by atoms with Gasteiger partial charge in [-0.25, -0.2) is 0 Å². The van der Waals surface area contributed by atoms with Crippen LogP contribution in [0.2, 0.25) is 0 Å². The van der Waals surface area contributed by atoms with E-state index in [0.717, 1.165) is 30.0 Å². The van der Waals surface area contributed by atoms with Gasteiger partial charge in [0.15, 0.2) is 0 Å². The molecule has 2 atom stereocenters. The Labute approximate surface area is 287 Å². The summed E-state index contributed by atoms with van der Waals surface area (Å²) in [6.45, 7) is 4.47. The van der Waals surface area contributed by atoms with Gasteiger partial charge in [0, 0.05) is 11.5 Å². The molecule has 5 aliphatic rings. The fourth-order valence-electron chi connectivity index (χ4n) is 10.8. The number of benzene rings is 2. The average molecular weight is 655 g/mol. The van der Waals surface area contributed by atoms with Crippen molar-refractivity contribution in [3.05, 3.63) is 42.0 Å². The van der Waals surface area contributed by atoms with Gasteiger partial charge >= 0.3 is 0 Å². The predicted molar refractivity (Wildman–Crippen MR) is 202 cm³/mol. The summed E-state index contributed by atoms with van der Waals surface area (Å²) in [6, 6.07) is 14.7. The molecule has 0 N–H and O–H groups in total. The van der Waals surface area contributed by atoms with E-state index >= 15 is 4.79 Å². The van der Waals surface area contributed by atoms with Gasteiger partial charge in [0.1, 0.15) is 5.84 Å². The maximum Gasteiger partial charge on any atom is 0.231 e. The van der Waals surface area contributed by atoms with Crippen molar-refractivity contribution in [3.8, 4) is 0 Å². The van der Waals surface area contributed by atoms with Crippen LogP contribution in [-0.2, 0) is 4.79 Å². The van der Waals surface area contributed by atoms with E-state index in [0.29, 0.717) is 17.7 Å². The lowest BCUT2D eigenvalue weighted by molar-refractivity contribution is -0.134. The molecule has 0 bridgehead atoms. The van der Waals surface area contributed by atoms with Gasteiger partial charge in [-0.05, 0) is 110 Å². The first kappa shape index (κ1) is 33.8. The second-order valence-electron chi connectivity index (χ2n) is 16.1. The zero-order valence-electron chi connectivity index (χ0n) is 29.8. The number of rotatable bonds is 9. The highest BCUT2D eigenvalue weighted by Crippen LogP contribution is 2.57. The summed E-state index contributed by atoms with van der Waals surface area (Å²) >= 11 is 0. The summed E-state index contributed by atoms with van der Waals surface area (Å²) < 4.78 is 0. The molecule has 256 valence electrons. The number of amides is 1. The van der Waals surface area contributed by atoms with Crippen LogP contribution in [0.4, 0.5) is 0 Å². The Bertz CT molecular complexity index is 1340. The molecule has 0 radical (unpaired) electrons. The van der Waals surface area contributed by atoms with E-state index in [-0.39, 0.29) is 25.9 Å². The van der Waals surface area contributed by atoms with Gasteiger partial charge in [-0.15, -0.1) is 0 Å². The van der Waals surface area contributed by atoms with E-state index in [1.165, 1.54) is 145 Å². The van der Waals surface area contributed by atoms with Gasteiger partial charge in [0.25, 0.3) is 0 Å². The first-order valence-corrected chi connectivity index (χ1v) is 21.9. The van der Waals surface area contributed by atoms with Gasteiger partial charge in [-0.3, -0.25) is 14.7 Å². The van der Waals surface area contributed by atoms with Crippen molar-refractivity contribution in [1.29, 1.82) is 0 Å². The minimum absolute atomic E-state index is 0.0819. The summed E-state index contributed by atoms with van der Waals surface area (Å²) in [5.41, 5.74) is 2.98. The highest BCUT2D eigenvalue weighted by molar-refractivity contribution is 7.67. The minimum atomic E-state index is -0.366. The number of fused-ring (bicyclic) bond motifs is 1. The van der Waals surface area contributed by atoms with E-state index in [1.54, 1.807) is 5.30 Å². The highest BCUT2D eigenvalue weighted by atomic mass is 31.1. The lowest BCUT2D eigenvalue weighted by atomic mass is 9.74. The molecule has 4 saturated carbocycles. The topological polar surface area (TPSA) is 32.7 Å². The first-order chi connectivity index (χ1) is 23.2. The molecule has 2 aromatic rings. The Balaban J connectivity index is 1.43. The second kappa shape index (κ2) is 15.9. The Hall–Kier alpha value is -1.73. The standard InChI is InChI=1S/C43H63N2OP/c1-3-31(4-2)43(46)45-40(34-22-11-6-12-23-34)39(33-20-9-5-10-21-33)44-42(45)38-30-29-32-19-17-18-28-37(32)41(38)47(35-24-13-7-14-25-35)36-26-15-8-16-27-36/h17-19,28-31,33-36,39-40H,3-16,20-27H2,1-2H3/t39-,40-/m0/s1. The van der Waals surface area contributed by atoms with Crippen LogP contribution in [0.1, 0.15) is 161 Å². The van der Waals surface area contributed by atoms with Crippen molar-refractivity contribution in [1.82, 2.24) is 4.90 Å². The largest absolute Gasteiger partial charge is 0.291 e. The Morgan fingerprint density at radius 1 is 0.702 bits per heavy atom. The van der Waals surface area contributed by atoms with Crippen LogP contribution in [0.5, 0.6) is 0 Å². The molecule has 1 heterocycles. The van der Waals surface area contributed by atoms with E-state index < -0.39 is 0 Å². The zero-order valence-corrected chi connectivity index (χ0v) is 30.7. The summed E-state index contributed by atoms with van der Waals surface area (Å²) in [5, 5.41) is 4.50. The maximum absolute atomic E-state index is 15.1. The molecule has 4 heteroatoms. The minimum Gasteiger partial charge on any atom is -0.291 e. The Kier molecular flexibility index (Phi) is 11.4. The van der Waals surface area contributed by atoms with Gasteiger partial charge in [-0.1, -0.05) is 129 Å². The lowest BCUT2D eigenvalue weighted by Crippen LogP contribution is -2.52. The molecule has 4 aliphatic carbocycles. The van der Waals surface area contributed by atoms with Crippen LogP contribution >= 0.6 is 7.92 Å². The van der Waals surface area contributed by atoms with Crippen LogP contribution in [0.25, 0.3) is 10.8 Å². The van der Waals surface area contributed by atoms with Crippen molar-refractivity contribution in [2.24, 2.45) is 22.7 Å². The van der Waals surface area contributed by atoms with E-state index in [4.69, 9.17) is 4.99 Å². The van der Waals surface area contributed by atoms with Gasteiger partial charge < -0.3 is 0 Å². The van der Waals surface area contributed by atoms with Crippen LogP contribution in [0.15, 0.2) is 41.4 Å². The van der Waals surface area contributed by atoms with Crippen LogP contribution in [-0.4, -0.2) is 40.0 Å². The first-order valence-electron chi connectivity index (χ1n) is 20.4. The number of hydrogen-bond donors (Lipinski definition) is 0. The van der Waals surface area contributed by atoms with Crippen molar-refractivity contribution >= 4 is 35.7 Å². The summed E-state index contributed by atoms with van der Waals surface area (Å²) in [4.78, 5) is 23.5. The molecular weight excluding hydrogens is 591 g/mol. The average Bonchev–Trinajstić information content (AvgIpc) is 3.54. The summed E-state index contributed by atoms with van der Waals surface area (Å²) in [7, 11) is -0.366. The number of hydrogen-bond acceptors (Lipinski definition) is 2. The fourth-order valence-corrected chi connectivity index (χ4v) is 14.9. The lowest BCUT2D eigenvalue weighted by Gasteiger charge is -2.42. The highest BCUT2D eigenvalue weighted by Gasteiger charge is 2.49. The molecule has 4 fully saturated rings. The Morgan fingerprint density at radius 2 is 1.23 bits per heavy atom. The summed E-state index contributed by atoms with van der Waals surface area (Å²) in [5.74, 6) is 2.78. The van der Waals surface area contributed by atoms with E-state index in [9.17, 15) is 0 Å². The maximum atomic E-state index is 15.1. The van der Waals surface area contributed by atoms with Crippen LogP contribution in [0.3, 0.4) is 0 Å². The Morgan fingerprint density at radius 3 is 1.81 bits per heavy atom. The molecule has 7 rings (SSSR count). The molecule has 0 unspecified atom stereocenters. The van der Waals surface area contributed by atoms with Gasteiger partial charge in [-0.2, -0.15) is 0 Å². The number of amidine groups is 1. The third-order valence-corrected chi connectivity index (χ3v) is 16.9. The SMILES string of the molecule is CCC(CC)C(=O)N1C(c2ccc3ccccc3c2P(C2CCCCC2)C2CCCCC2)=N[C@@H](C2CCCCC2)[C@@H]1C1CCCCC1. The number of nitrogens with zero attached hydrogens (tertiary/aromatic N) is 2. The molecular formula is C43H63N2OP. The van der Waals surface area contributed by atoms with Gasteiger partial charge in [0.05, 0.1) is 12.1 Å². The second-order valence-corrected chi connectivity index (χ2v) is 18.8. The van der Waals surface area contributed by atoms with Crippen molar-refractivity contribution in [3.63, 3.8) is 0 Å². The van der Waals surface area contributed by atoms with E-state index in [2.05, 4.69) is 55.1 Å². The predicted octanol–water partition coefficient (Wildman–Crippen LogP) is 11.5. The molecule has 0 spiro atoms. The summed E-state index contributed by atoms with van der Waals surface area (Å²) in [6.07, 6.45) is 28.9. The monoisotopic (exact) mass is 654 g/mol. The zero-order chi connectivity index (χ0) is 32.2. The quantitative estimate of drug-likeness (QED) is 0.248. The molecule has 3 nitrogen and oxygen atoms in total. The van der Waals surface area contributed by atoms with Crippen molar-refractivity contribution in [2.45, 2.75) is 179 Å². The molecule has 1 amide bonds. The molecule has 2 aromatic carbocycles. The smallest absolute Gasteiger partial charge is 0.231 e. The van der Waals surface area contributed by atoms with Crippen molar-refractivity contribution < 1.29 is 4.79 Å². The van der Waals surface area contributed by atoms with E-state index in [1.807, 2.05) is 0 Å². The molecule has 47 heavy (non-hydrogen) atoms. The number of carbonyl (C=O) groups excluding carboxylic acids is 1. The molecule has 1 aliphatic heterocycles. The van der Waals surface area contributed by atoms with Crippen LogP contribution < -0.4 is 5.30 Å². The fraction of sp³-hybridized carbons (Fsp3) is 0.721. The number of carbonyl (C=O) groups is 1.